The summed E-state index contributed by atoms with van der Waals surface area (Å²) in [5.41, 5.74) is 0.547. The first-order chi connectivity index (χ1) is 10.1. The lowest BCUT2D eigenvalue weighted by Crippen LogP contribution is -2.45. The molecule has 5 heteroatoms. The zero-order valence-corrected chi connectivity index (χ0v) is 13.5. The van der Waals surface area contributed by atoms with Crippen molar-refractivity contribution in [3.63, 3.8) is 0 Å². The van der Waals surface area contributed by atoms with Crippen LogP contribution in [-0.4, -0.2) is 36.5 Å². The molecule has 1 aromatic carbocycles. The van der Waals surface area contributed by atoms with Gasteiger partial charge in [0.05, 0.1) is 10.6 Å². The van der Waals surface area contributed by atoms with Gasteiger partial charge in [0.25, 0.3) is 5.91 Å². The number of piperidine rings is 1. The minimum atomic E-state index is 0.0114. The number of hydrogen-bond donors (Lipinski definition) is 1. The third-order valence-corrected chi connectivity index (χ3v) is 4.88. The molecule has 3 nitrogen and oxygen atoms in total. The Hall–Kier alpha value is -0.770. The summed E-state index contributed by atoms with van der Waals surface area (Å²) < 4.78 is 0. The molecule has 1 aliphatic heterocycles. The van der Waals surface area contributed by atoms with Crippen molar-refractivity contribution in [2.75, 3.05) is 19.6 Å². The Morgan fingerprint density at radius 1 is 1.19 bits per heavy atom. The summed E-state index contributed by atoms with van der Waals surface area (Å²) in [5, 5.41) is 4.61. The number of likely N-dealkylation sites (tertiary alicyclic amines) is 1. The van der Waals surface area contributed by atoms with E-state index in [4.69, 9.17) is 23.2 Å². The maximum absolute atomic E-state index is 12.5. The van der Waals surface area contributed by atoms with Gasteiger partial charge in [0.2, 0.25) is 0 Å². The van der Waals surface area contributed by atoms with E-state index >= 15 is 0 Å². The molecule has 1 saturated carbocycles. The quantitative estimate of drug-likeness (QED) is 0.916. The number of halogens is 2. The highest BCUT2D eigenvalue weighted by atomic mass is 35.5. The fourth-order valence-electron chi connectivity index (χ4n) is 2.78. The maximum atomic E-state index is 12.5. The number of rotatable bonds is 4. The van der Waals surface area contributed by atoms with Gasteiger partial charge in [-0.1, -0.05) is 23.2 Å². The SMILES string of the molecule is O=C(c1ccc(Cl)cc1Cl)N1CCC(NCC2CC2)CC1. The lowest BCUT2D eigenvalue weighted by Gasteiger charge is -2.32. The van der Waals surface area contributed by atoms with Gasteiger partial charge in [0, 0.05) is 24.2 Å². The first kappa shape index (κ1) is 15.1. The number of nitrogens with one attached hydrogen (secondary N) is 1. The first-order valence-corrected chi connectivity index (χ1v) is 8.37. The third kappa shape index (κ3) is 3.91. The number of carbonyl (C=O) groups is 1. The Morgan fingerprint density at radius 3 is 2.52 bits per heavy atom. The molecule has 1 amide bonds. The van der Waals surface area contributed by atoms with Gasteiger partial charge in [0.1, 0.15) is 0 Å². The van der Waals surface area contributed by atoms with Crippen LogP contribution in [0, 0.1) is 5.92 Å². The Morgan fingerprint density at radius 2 is 1.90 bits per heavy atom. The molecule has 0 unspecified atom stereocenters. The zero-order valence-electron chi connectivity index (χ0n) is 11.9. The van der Waals surface area contributed by atoms with Crippen molar-refractivity contribution in [1.29, 1.82) is 0 Å². The Balaban J connectivity index is 1.54. The van der Waals surface area contributed by atoms with Crippen LogP contribution in [0.5, 0.6) is 0 Å². The van der Waals surface area contributed by atoms with Crippen LogP contribution in [0.15, 0.2) is 18.2 Å². The van der Waals surface area contributed by atoms with Crippen molar-refractivity contribution in [2.24, 2.45) is 5.92 Å². The van der Waals surface area contributed by atoms with Crippen LogP contribution >= 0.6 is 23.2 Å². The minimum absolute atomic E-state index is 0.0114. The molecule has 2 aliphatic rings. The number of amides is 1. The highest BCUT2D eigenvalue weighted by Gasteiger charge is 2.27. The van der Waals surface area contributed by atoms with Crippen molar-refractivity contribution in [1.82, 2.24) is 10.2 Å². The molecule has 1 heterocycles. The first-order valence-electron chi connectivity index (χ1n) is 7.61. The molecule has 1 N–H and O–H groups in total. The van der Waals surface area contributed by atoms with E-state index in [-0.39, 0.29) is 5.91 Å². The second-order valence-electron chi connectivity index (χ2n) is 6.04. The molecule has 0 aromatic heterocycles. The highest BCUT2D eigenvalue weighted by Crippen LogP contribution is 2.28. The molecular formula is C16H20Cl2N2O. The smallest absolute Gasteiger partial charge is 0.255 e. The monoisotopic (exact) mass is 326 g/mol. The number of nitrogens with zero attached hydrogens (tertiary/aromatic N) is 1. The minimum Gasteiger partial charge on any atom is -0.338 e. The number of hydrogen-bond acceptors (Lipinski definition) is 2. The van der Waals surface area contributed by atoms with Gasteiger partial charge in [-0.3, -0.25) is 4.79 Å². The van der Waals surface area contributed by atoms with Gasteiger partial charge in [0.15, 0.2) is 0 Å². The van der Waals surface area contributed by atoms with Gasteiger partial charge < -0.3 is 10.2 Å². The Labute approximate surface area is 135 Å². The van der Waals surface area contributed by atoms with E-state index in [0.717, 1.165) is 38.4 Å². The molecular weight excluding hydrogens is 307 g/mol. The lowest BCUT2D eigenvalue weighted by molar-refractivity contribution is 0.0705. The Bertz CT molecular complexity index is 523. The zero-order chi connectivity index (χ0) is 14.8. The molecule has 0 spiro atoms. The summed E-state index contributed by atoms with van der Waals surface area (Å²) in [5.74, 6) is 0.912. The average molecular weight is 327 g/mol. The van der Waals surface area contributed by atoms with E-state index in [1.165, 1.54) is 12.8 Å². The van der Waals surface area contributed by atoms with E-state index in [9.17, 15) is 4.79 Å². The molecule has 1 aromatic rings. The van der Waals surface area contributed by atoms with Crippen molar-refractivity contribution < 1.29 is 4.79 Å². The molecule has 114 valence electrons. The average Bonchev–Trinajstić information content (AvgIpc) is 3.29. The molecule has 0 atom stereocenters. The molecule has 21 heavy (non-hydrogen) atoms. The predicted molar refractivity (Wildman–Crippen MR) is 86.1 cm³/mol. The largest absolute Gasteiger partial charge is 0.338 e. The van der Waals surface area contributed by atoms with E-state index < -0.39 is 0 Å². The van der Waals surface area contributed by atoms with Crippen LogP contribution in [0.1, 0.15) is 36.0 Å². The molecule has 3 rings (SSSR count). The lowest BCUT2D eigenvalue weighted by atomic mass is 10.0. The summed E-state index contributed by atoms with van der Waals surface area (Å²) in [7, 11) is 0. The second kappa shape index (κ2) is 6.55. The standard InChI is InChI=1S/C16H20Cl2N2O/c17-12-3-4-14(15(18)9-12)16(21)20-7-5-13(6-8-20)19-10-11-1-2-11/h3-4,9,11,13,19H,1-2,5-8,10H2. The van der Waals surface area contributed by atoms with Crippen LogP contribution in [0.3, 0.4) is 0 Å². The van der Waals surface area contributed by atoms with E-state index in [2.05, 4.69) is 5.32 Å². The van der Waals surface area contributed by atoms with Gasteiger partial charge in [-0.05, 0) is 56.3 Å². The summed E-state index contributed by atoms with van der Waals surface area (Å²) in [4.78, 5) is 14.4. The van der Waals surface area contributed by atoms with E-state index in [1.54, 1.807) is 18.2 Å². The summed E-state index contributed by atoms with van der Waals surface area (Å²) in [6, 6.07) is 5.60. The molecule has 0 bridgehead atoms. The van der Waals surface area contributed by atoms with Gasteiger partial charge in [-0.25, -0.2) is 0 Å². The van der Waals surface area contributed by atoms with Crippen molar-refractivity contribution in [3.05, 3.63) is 33.8 Å². The summed E-state index contributed by atoms with van der Waals surface area (Å²) in [6.45, 7) is 2.72. The van der Waals surface area contributed by atoms with Crippen LogP contribution in [0.25, 0.3) is 0 Å². The normalized spacial score (nSPS) is 19.8. The predicted octanol–water partition coefficient (Wildman–Crippen LogP) is 3.60. The Kier molecular flexibility index (Phi) is 4.72. The van der Waals surface area contributed by atoms with Crippen LogP contribution in [0.4, 0.5) is 0 Å². The van der Waals surface area contributed by atoms with Gasteiger partial charge in [-0.2, -0.15) is 0 Å². The second-order valence-corrected chi connectivity index (χ2v) is 6.89. The molecule has 2 fully saturated rings. The van der Waals surface area contributed by atoms with E-state index in [0.29, 0.717) is 21.7 Å². The molecule has 1 aliphatic carbocycles. The third-order valence-electron chi connectivity index (χ3n) is 4.34. The topological polar surface area (TPSA) is 32.3 Å². The summed E-state index contributed by atoms with van der Waals surface area (Å²) >= 11 is 12.0. The van der Waals surface area contributed by atoms with Crippen LogP contribution in [-0.2, 0) is 0 Å². The van der Waals surface area contributed by atoms with Crippen molar-refractivity contribution >= 4 is 29.1 Å². The van der Waals surface area contributed by atoms with Crippen molar-refractivity contribution in [2.45, 2.75) is 31.7 Å². The van der Waals surface area contributed by atoms with Crippen LogP contribution in [0.2, 0.25) is 10.0 Å². The van der Waals surface area contributed by atoms with Crippen LogP contribution < -0.4 is 5.32 Å². The fraction of sp³-hybridized carbons (Fsp3) is 0.562. The van der Waals surface area contributed by atoms with Gasteiger partial charge in [-0.15, -0.1) is 0 Å². The highest BCUT2D eigenvalue weighted by molar-refractivity contribution is 6.36. The van der Waals surface area contributed by atoms with Gasteiger partial charge >= 0.3 is 0 Å². The van der Waals surface area contributed by atoms with E-state index in [1.807, 2.05) is 4.90 Å². The maximum Gasteiger partial charge on any atom is 0.255 e. The fourth-order valence-corrected chi connectivity index (χ4v) is 3.26. The summed E-state index contributed by atoms with van der Waals surface area (Å²) in [6.07, 6.45) is 4.78. The number of benzene rings is 1. The molecule has 1 saturated heterocycles. The van der Waals surface area contributed by atoms with Crippen molar-refractivity contribution in [3.8, 4) is 0 Å². The number of carbonyl (C=O) groups excluding carboxylic acids is 1. The molecule has 0 radical (unpaired) electrons.